The third kappa shape index (κ3) is 2.78. The predicted octanol–water partition coefficient (Wildman–Crippen LogP) is 3.77. The molecule has 0 aliphatic heterocycles. The van der Waals surface area contributed by atoms with Crippen molar-refractivity contribution in [3.05, 3.63) is 38.3 Å². The quantitative estimate of drug-likeness (QED) is 0.825. The van der Waals surface area contributed by atoms with Crippen LogP contribution in [-0.2, 0) is 0 Å². The van der Waals surface area contributed by atoms with Crippen LogP contribution in [0.5, 0.6) is 0 Å². The number of aromatic amines is 1. The third-order valence-electron chi connectivity index (χ3n) is 3.09. The van der Waals surface area contributed by atoms with Crippen molar-refractivity contribution in [3.8, 4) is 0 Å². The maximum absolute atomic E-state index is 12.2. The van der Waals surface area contributed by atoms with Crippen molar-refractivity contribution in [2.45, 2.75) is 25.7 Å². The van der Waals surface area contributed by atoms with E-state index in [9.17, 15) is 4.79 Å². The van der Waals surface area contributed by atoms with Crippen LogP contribution in [0.3, 0.4) is 0 Å². The number of carbonyl (C=O) groups is 1. The molecule has 5 nitrogen and oxygen atoms in total. The topological polar surface area (TPSA) is 70.7 Å². The molecule has 1 saturated carbocycles. The van der Waals surface area contributed by atoms with Crippen LogP contribution in [-0.4, -0.2) is 21.1 Å². The van der Waals surface area contributed by atoms with Crippen LogP contribution in [0.15, 0.2) is 21.1 Å². The normalized spacial score (nSPS) is 14.3. The molecule has 0 radical (unpaired) electrons. The van der Waals surface area contributed by atoms with E-state index >= 15 is 0 Å². The van der Waals surface area contributed by atoms with Gasteiger partial charge in [-0.25, -0.2) is 4.98 Å². The van der Waals surface area contributed by atoms with Gasteiger partial charge in [-0.1, -0.05) is 0 Å². The average molecular weight is 400 g/mol. The number of rotatable bonds is 3. The maximum Gasteiger partial charge on any atom is 0.295 e. The molecule has 1 fully saturated rings. The zero-order valence-electron chi connectivity index (χ0n) is 10.7. The Morgan fingerprint density at radius 3 is 2.60 bits per heavy atom. The minimum absolute atomic E-state index is 0.172. The second kappa shape index (κ2) is 5.29. The van der Waals surface area contributed by atoms with Crippen LogP contribution in [0.1, 0.15) is 40.8 Å². The minimum atomic E-state index is -0.321. The highest BCUT2D eigenvalue weighted by Crippen LogP contribution is 2.38. The van der Waals surface area contributed by atoms with Gasteiger partial charge in [0, 0.05) is 14.9 Å². The molecule has 20 heavy (non-hydrogen) atoms. The Hall–Kier alpha value is -1.21. The molecule has 2 N–H and O–H groups in total. The minimum Gasteiger partial charge on any atom is -0.317 e. The lowest BCUT2D eigenvalue weighted by molar-refractivity contribution is 0.101. The predicted molar refractivity (Wildman–Crippen MR) is 82.9 cm³/mol. The van der Waals surface area contributed by atoms with Gasteiger partial charge < -0.3 is 5.32 Å². The van der Waals surface area contributed by atoms with Gasteiger partial charge in [-0.3, -0.25) is 9.89 Å². The van der Waals surface area contributed by atoms with Gasteiger partial charge in [-0.2, -0.15) is 0 Å². The number of aromatic nitrogens is 3. The third-order valence-corrected chi connectivity index (χ3v) is 4.35. The fourth-order valence-corrected chi connectivity index (χ4v) is 3.52. The van der Waals surface area contributed by atoms with E-state index in [1.807, 2.05) is 19.1 Å². The largest absolute Gasteiger partial charge is 0.317 e. The van der Waals surface area contributed by atoms with E-state index < -0.39 is 0 Å². The van der Waals surface area contributed by atoms with Crippen molar-refractivity contribution in [2.24, 2.45) is 0 Å². The lowest BCUT2D eigenvalue weighted by Gasteiger charge is -2.09. The molecule has 2 aromatic rings. The van der Waals surface area contributed by atoms with E-state index in [4.69, 9.17) is 0 Å². The lowest BCUT2D eigenvalue weighted by atomic mass is 10.2. The monoisotopic (exact) mass is 398 g/mol. The Kier molecular flexibility index (Phi) is 3.64. The van der Waals surface area contributed by atoms with Crippen LogP contribution in [0.25, 0.3) is 0 Å². The SMILES string of the molecule is Cc1cc(Br)c(NC(=O)c2n[nH]c(C3CC3)n2)c(Br)c1. The smallest absolute Gasteiger partial charge is 0.295 e. The van der Waals surface area contributed by atoms with Crippen molar-refractivity contribution >= 4 is 43.5 Å². The van der Waals surface area contributed by atoms with Crippen LogP contribution in [0, 0.1) is 6.92 Å². The number of nitrogens with zero attached hydrogens (tertiary/aromatic N) is 2. The molecule has 1 aliphatic carbocycles. The highest BCUT2D eigenvalue weighted by Gasteiger charge is 2.28. The first-order chi connectivity index (χ1) is 9.54. The van der Waals surface area contributed by atoms with Gasteiger partial charge in [0.15, 0.2) is 0 Å². The maximum atomic E-state index is 12.2. The number of nitrogens with one attached hydrogen (secondary N) is 2. The summed E-state index contributed by atoms with van der Waals surface area (Å²) < 4.78 is 1.63. The standard InChI is InChI=1S/C13H12Br2N4O/c1-6-4-8(14)10(9(15)5-6)16-13(20)12-17-11(18-19-12)7-2-3-7/h4-5,7H,2-3H2,1H3,(H,16,20)(H,17,18,19). The first kappa shape index (κ1) is 13.8. The van der Waals surface area contributed by atoms with E-state index in [-0.39, 0.29) is 11.7 Å². The van der Waals surface area contributed by atoms with E-state index in [0.29, 0.717) is 11.6 Å². The number of halogens is 2. The van der Waals surface area contributed by atoms with Gasteiger partial charge in [0.05, 0.1) is 5.69 Å². The highest BCUT2D eigenvalue weighted by molar-refractivity contribution is 9.11. The van der Waals surface area contributed by atoms with Crippen LogP contribution in [0.2, 0.25) is 0 Å². The fourth-order valence-electron chi connectivity index (χ4n) is 1.90. The molecule has 104 valence electrons. The molecule has 1 heterocycles. The molecule has 1 amide bonds. The zero-order chi connectivity index (χ0) is 14.3. The van der Waals surface area contributed by atoms with Gasteiger partial charge >= 0.3 is 0 Å². The average Bonchev–Trinajstić information content (AvgIpc) is 3.11. The molecule has 1 aromatic heterocycles. The summed E-state index contributed by atoms with van der Waals surface area (Å²) in [5, 5.41) is 9.62. The molecule has 3 rings (SSSR count). The van der Waals surface area contributed by atoms with E-state index in [2.05, 4.69) is 52.4 Å². The van der Waals surface area contributed by atoms with Crippen LogP contribution >= 0.6 is 31.9 Å². The fraction of sp³-hybridized carbons (Fsp3) is 0.308. The number of hydrogen-bond acceptors (Lipinski definition) is 3. The number of benzene rings is 1. The molecule has 0 saturated heterocycles. The molecule has 7 heteroatoms. The summed E-state index contributed by atoms with van der Waals surface area (Å²) in [6.45, 7) is 1.98. The first-order valence-corrected chi connectivity index (χ1v) is 7.82. The molecule has 1 aromatic carbocycles. The summed E-state index contributed by atoms with van der Waals surface area (Å²) in [5.74, 6) is 1.10. The first-order valence-electron chi connectivity index (χ1n) is 6.24. The number of aryl methyl sites for hydroxylation is 1. The van der Waals surface area contributed by atoms with Gasteiger partial charge in [-0.05, 0) is 69.3 Å². The summed E-state index contributed by atoms with van der Waals surface area (Å²) in [6.07, 6.45) is 2.23. The summed E-state index contributed by atoms with van der Waals surface area (Å²) >= 11 is 6.89. The van der Waals surface area contributed by atoms with Crippen LogP contribution in [0.4, 0.5) is 5.69 Å². The van der Waals surface area contributed by atoms with E-state index in [0.717, 1.165) is 33.2 Å². The van der Waals surface area contributed by atoms with Crippen molar-refractivity contribution in [3.63, 3.8) is 0 Å². The van der Waals surface area contributed by atoms with E-state index in [1.165, 1.54) is 0 Å². The van der Waals surface area contributed by atoms with Crippen molar-refractivity contribution in [1.29, 1.82) is 0 Å². The lowest BCUT2D eigenvalue weighted by Crippen LogP contribution is -2.14. The van der Waals surface area contributed by atoms with Crippen molar-refractivity contribution in [1.82, 2.24) is 15.2 Å². The number of H-pyrrole nitrogens is 1. The van der Waals surface area contributed by atoms with Gasteiger partial charge in [0.2, 0.25) is 5.82 Å². The second-order valence-corrected chi connectivity index (χ2v) is 6.58. The number of hydrogen-bond donors (Lipinski definition) is 2. The molecule has 0 atom stereocenters. The molecule has 0 spiro atoms. The molecule has 0 bridgehead atoms. The number of amides is 1. The molecular weight excluding hydrogens is 388 g/mol. The highest BCUT2D eigenvalue weighted by atomic mass is 79.9. The van der Waals surface area contributed by atoms with Crippen LogP contribution < -0.4 is 5.32 Å². The van der Waals surface area contributed by atoms with Crippen molar-refractivity contribution < 1.29 is 4.79 Å². The number of carbonyl (C=O) groups excluding carboxylic acids is 1. The van der Waals surface area contributed by atoms with E-state index in [1.54, 1.807) is 0 Å². The Balaban J connectivity index is 1.81. The Morgan fingerprint density at radius 2 is 2.00 bits per heavy atom. The Morgan fingerprint density at radius 1 is 1.35 bits per heavy atom. The second-order valence-electron chi connectivity index (χ2n) is 4.88. The van der Waals surface area contributed by atoms with Crippen molar-refractivity contribution in [2.75, 3.05) is 5.32 Å². The Labute approximate surface area is 132 Å². The van der Waals surface area contributed by atoms with Gasteiger partial charge in [0.1, 0.15) is 5.82 Å². The van der Waals surface area contributed by atoms with Gasteiger partial charge in [0.25, 0.3) is 5.91 Å². The summed E-state index contributed by atoms with van der Waals surface area (Å²) in [4.78, 5) is 16.4. The summed E-state index contributed by atoms with van der Waals surface area (Å²) in [5.41, 5.74) is 1.77. The summed E-state index contributed by atoms with van der Waals surface area (Å²) in [7, 11) is 0. The molecule has 1 aliphatic rings. The number of anilines is 1. The van der Waals surface area contributed by atoms with Gasteiger partial charge in [-0.15, -0.1) is 5.10 Å². The molecule has 0 unspecified atom stereocenters. The Bertz CT molecular complexity index is 656. The molecular formula is C13H12Br2N4O. The zero-order valence-corrected chi connectivity index (χ0v) is 13.9. The summed E-state index contributed by atoms with van der Waals surface area (Å²) in [6, 6.07) is 3.88.